The Morgan fingerprint density at radius 3 is 3.00 bits per heavy atom. The third-order valence-electron chi connectivity index (χ3n) is 2.93. The lowest BCUT2D eigenvalue weighted by molar-refractivity contribution is -0.141. The van der Waals surface area contributed by atoms with Gasteiger partial charge in [0.15, 0.2) is 0 Å². The molecule has 2 atom stereocenters. The van der Waals surface area contributed by atoms with E-state index in [0.29, 0.717) is 12.5 Å². The molecule has 2 unspecified atom stereocenters. The van der Waals surface area contributed by atoms with Gasteiger partial charge in [-0.15, -0.1) is 0 Å². The van der Waals surface area contributed by atoms with E-state index in [9.17, 15) is 4.79 Å². The van der Waals surface area contributed by atoms with Crippen LogP contribution in [-0.2, 0) is 14.3 Å². The normalized spacial score (nSPS) is 22.8. The number of rotatable bonds is 6. The van der Waals surface area contributed by atoms with E-state index in [1.165, 1.54) is 26.4 Å². The van der Waals surface area contributed by atoms with Gasteiger partial charge in [-0.05, 0) is 39.2 Å². The zero-order valence-electron chi connectivity index (χ0n) is 10.3. The molecule has 0 amide bonds. The molecular formula is C12H23NO3. The summed E-state index contributed by atoms with van der Waals surface area (Å²) in [7, 11) is 1.42. The Kier molecular flexibility index (Phi) is 6.42. The Labute approximate surface area is 97.7 Å². The summed E-state index contributed by atoms with van der Waals surface area (Å²) >= 11 is 0. The first-order valence-electron chi connectivity index (χ1n) is 6.14. The molecule has 0 aromatic rings. The highest BCUT2D eigenvalue weighted by Crippen LogP contribution is 2.14. The van der Waals surface area contributed by atoms with E-state index in [1.54, 1.807) is 0 Å². The van der Waals surface area contributed by atoms with E-state index in [-0.39, 0.29) is 12.0 Å². The van der Waals surface area contributed by atoms with Crippen LogP contribution in [0.3, 0.4) is 0 Å². The van der Waals surface area contributed by atoms with Gasteiger partial charge in [-0.25, -0.2) is 0 Å². The van der Waals surface area contributed by atoms with Gasteiger partial charge in [0.05, 0.1) is 19.6 Å². The first kappa shape index (κ1) is 13.5. The summed E-state index contributed by atoms with van der Waals surface area (Å²) in [4.78, 5) is 11.0. The molecule has 1 aliphatic heterocycles. The molecule has 0 aromatic heterocycles. The number of hydrogen-bond acceptors (Lipinski definition) is 4. The minimum absolute atomic E-state index is 0.158. The monoisotopic (exact) mass is 229 g/mol. The number of esters is 1. The van der Waals surface area contributed by atoms with Crippen molar-refractivity contribution in [2.75, 3.05) is 20.3 Å². The number of hydrogen-bond donors (Lipinski definition) is 1. The Morgan fingerprint density at radius 1 is 1.56 bits per heavy atom. The van der Waals surface area contributed by atoms with E-state index >= 15 is 0 Å². The third-order valence-corrected chi connectivity index (χ3v) is 2.93. The van der Waals surface area contributed by atoms with E-state index < -0.39 is 0 Å². The summed E-state index contributed by atoms with van der Waals surface area (Å²) in [6.07, 6.45) is 5.53. The molecule has 1 N–H and O–H groups in total. The molecule has 0 aliphatic carbocycles. The SMILES string of the molecule is COC(=O)CC(C)NCCC1CCCCO1. The summed E-state index contributed by atoms with van der Waals surface area (Å²) in [5.41, 5.74) is 0. The lowest BCUT2D eigenvalue weighted by Crippen LogP contribution is -2.32. The molecule has 0 aromatic carbocycles. The highest BCUT2D eigenvalue weighted by molar-refractivity contribution is 5.69. The number of ether oxygens (including phenoxy) is 2. The largest absolute Gasteiger partial charge is 0.469 e. The summed E-state index contributed by atoms with van der Waals surface area (Å²) < 4.78 is 10.2. The van der Waals surface area contributed by atoms with Gasteiger partial charge in [-0.3, -0.25) is 4.79 Å². The van der Waals surface area contributed by atoms with Crippen LogP contribution in [0.1, 0.15) is 39.0 Å². The van der Waals surface area contributed by atoms with Crippen LogP contribution in [0.15, 0.2) is 0 Å². The Hall–Kier alpha value is -0.610. The quantitative estimate of drug-likeness (QED) is 0.701. The summed E-state index contributed by atoms with van der Waals surface area (Å²) in [5.74, 6) is -0.158. The zero-order valence-corrected chi connectivity index (χ0v) is 10.3. The highest BCUT2D eigenvalue weighted by atomic mass is 16.5. The Morgan fingerprint density at radius 2 is 2.38 bits per heavy atom. The van der Waals surface area contributed by atoms with Crippen molar-refractivity contribution in [2.24, 2.45) is 0 Å². The minimum atomic E-state index is -0.158. The van der Waals surface area contributed by atoms with Crippen LogP contribution >= 0.6 is 0 Å². The van der Waals surface area contributed by atoms with Crippen molar-refractivity contribution in [3.05, 3.63) is 0 Å². The van der Waals surface area contributed by atoms with Crippen LogP contribution in [0.4, 0.5) is 0 Å². The second-order valence-corrected chi connectivity index (χ2v) is 4.41. The van der Waals surface area contributed by atoms with Gasteiger partial charge in [0.2, 0.25) is 0 Å². The molecule has 1 heterocycles. The van der Waals surface area contributed by atoms with Gasteiger partial charge in [-0.2, -0.15) is 0 Å². The predicted octanol–water partition coefficient (Wildman–Crippen LogP) is 1.49. The summed E-state index contributed by atoms with van der Waals surface area (Å²) in [6.45, 7) is 3.81. The number of carbonyl (C=O) groups is 1. The second-order valence-electron chi connectivity index (χ2n) is 4.41. The molecule has 4 heteroatoms. The Balaban J connectivity index is 2.03. The van der Waals surface area contributed by atoms with Crippen LogP contribution in [0.25, 0.3) is 0 Å². The lowest BCUT2D eigenvalue weighted by Gasteiger charge is -2.23. The molecular weight excluding hydrogens is 206 g/mol. The molecule has 1 aliphatic rings. The number of nitrogens with one attached hydrogen (secondary N) is 1. The summed E-state index contributed by atoms with van der Waals surface area (Å²) in [5, 5.41) is 3.31. The number of carbonyl (C=O) groups excluding carboxylic acids is 1. The highest BCUT2D eigenvalue weighted by Gasteiger charge is 2.14. The average molecular weight is 229 g/mol. The average Bonchev–Trinajstić information content (AvgIpc) is 2.30. The van der Waals surface area contributed by atoms with Gasteiger partial charge in [0.1, 0.15) is 0 Å². The maximum absolute atomic E-state index is 11.0. The fourth-order valence-electron chi connectivity index (χ4n) is 1.93. The molecule has 0 radical (unpaired) electrons. The molecule has 0 spiro atoms. The second kappa shape index (κ2) is 7.63. The fourth-order valence-corrected chi connectivity index (χ4v) is 1.93. The molecule has 1 saturated heterocycles. The van der Waals surface area contributed by atoms with Crippen molar-refractivity contribution in [1.29, 1.82) is 0 Å². The van der Waals surface area contributed by atoms with Crippen LogP contribution < -0.4 is 5.32 Å². The number of methoxy groups -OCH3 is 1. The molecule has 94 valence electrons. The predicted molar refractivity (Wildman–Crippen MR) is 62.3 cm³/mol. The molecule has 1 rings (SSSR count). The maximum atomic E-state index is 11.0. The third kappa shape index (κ3) is 5.47. The molecule has 16 heavy (non-hydrogen) atoms. The van der Waals surface area contributed by atoms with Crippen molar-refractivity contribution in [3.63, 3.8) is 0 Å². The van der Waals surface area contributed by atoms with E-state index in [1.807, 2.05) is 6.92 Å². The Bertz CT molecular complexity index is 202. The van der Waals surface area contributed by atoms with Crippen LogP contribution in [-0.4, -0.2) is 38.4 Å². The summed E-state index contributed by atoms with van der Waals surface area (Å²) in [6, 6.07) is 0.177. The lowest BCUT2D eigenvalue weighted by atomic mass is 10.1. The van der Waals surface area contributed by atoms with Crippen molar-refractivity contribution >= 4 is 5.97 Å². The zero-order chi connectivity index (χ0) is 11.8. The molecule has 1 fully saturated rings. The van der Waals surface area contributed by atoms with Gasteiger partial charge in [0.25, 0.3) is 0 Å². The topological polar surface area (TPSA) is 47.6 Å². The van der Waals surface area contributed by atoms with Gasteiger partial charge < -0.3 is 14.8 Å². The van der Waals surface area contributed by atoms with Crippen molar-refractivity contribution in [1.82, 2.24) is 5.32 Å². The van der Waals surface area contributed by atoms with Gasteiger partial charge in [0, 0.05) is 12.6 Å². The van der Waals surface area contributed by atoms with E-state index in [0.717, 1.165) is 19.6 Å². The maximum Gasteiger partial charge on any atom is 0.307 e. The molecule has 4 nitrogen and oxygen atoms in total. The first-order chi connectivity index (χ1) is 7.72. The minimum Gasteiger partial charge on any atom is -0.469 e. The van der Waals surface area contributed by atoms with Gasteiger partial charge >= 0.3 is 5.97 Å². The first-order valence-corrected chi connectivity index (χ1v) is 6.14. The fraction of sp³-hybridized carbons (Fsp3) is 0.917. The van der Waals surface area contributed by atoms with Crippen molar-refractivity contribution in [2.45, 2.75) is 51.2 Å². The van der Waals surface area contributed by atoms with Crippen molar-refractivity contribution < 1.29 is 14.3 Å². The van der Waals surface area contributed by atoms with Crippen LogP contribution in [0.5, 0.6) is 0 Å². The smallest absolute Gasteiger partial charge is 0.307 e. The standard InChI is InChI=1S/C12H23NO3/c1-10(9-12(14)15-2)13-7-6-11-5-3-4-8-16-11/h10-11,13H,3-9H2,1-2H3. The molecule has 0 saturated carbocycles. The van der Waals surface area contributed by atoms with E-state index in [2.05, 4.69) is 10.1 Å². The van der Waals surface area contributed by atoms with Crippen LogP contribution in [0, 0.1) is 0 Å². The van der Waals surface area contributed by atoms with Gasteiger partial charge in [-0.1, -0.05) is 0 Å². The van der Waals surface area contributed by atoms with Crippen molar-refractivity contribution in [3.8, 4) is 0 Å². The van der Waals surface area contributed by atoms with Crippen LogP contribution in [0.2, 0.25) is 0 Å². The molecule has 0 bridgehead atoms. The van der Waals surface area contributed by atoms with E-state index in [4.69, 9.17) is 4.74 Å².